The molecule has 0 radical (unpaired) electrons. The van der Waals surface area contributed by atoms with Crippen molar-refractivity contribution in [3.63, 3.8) is 0 Å². The topological polar surface area (TPSA) is 161 Å². The molecule has 0 bridgehead atoms. The van der Waals surface area contributed by atoms with Crippen LogP contribution in [-0.2, 0) is 26.2 Å². The molecule has 4 rings (SSSR count). The van der Waals surface area contributed by atoms with E-state index in [1.165, 1.54) is 58.7 Å². The SMILES string of the molecule is NS(=O)(=O)c1ccc(N2C(=O)CC(N(Cc3cccs3)C(=O)c3cccc([N+](=O)[O-])c3)C2=O)cc1. The van der Waals surface area contributed by atoms with Crippen molar-refractivity contribution in [2.24, 2.45) is 5.14 Å². The van der Waals surface area contributed by atoms with Crippen LogP contribution in [0.2, 0.25) is 0 Å². The van der Waals surface area contributed by atoms with Crippen LogP contribution < -0.4 is 10.0 Å². The van der Waals surface area contributed by atoms with Crippen molar-refractivity contribution >= 4 is 50.5 Å². The summed E-state index contributed by atoms with van der Waals surface area (Å²) in [6.07, 6.45) is -0.304. The second-order valence-electron chi connectivity index (χ2n) is 7.65. The van der Waals surface area contributed by atoms with E-state index < -0.39 is 38.7 Å². The molecule has 1 saturated heterocycles. The summed E-state index contributed by atoms with van der Waals surface area (Å²) in [5.41, 5.74) is -0.141. The Morgan fingerprint density at radius 3 is 2.46 bits per heavy atom. The molecule has 1 unspecified atom stereocenters. The highest BCUT2D eigenvalue weighted by atomic mass is 32.2. The van der Waals surface area contributed by atoms with Gasteiger partial charge in [-0.25, -0.2) is 18.5 Å². The number of carbonyl (C=O) groups is 3. The summed E-state index contributed by atoms with van der Waals surface area (Å²) in [6, 6.07) is 12.4. The average molecular weight is 515 g/mol. The van der Waals surface area contributed by atoms with E-state index >= 15 is 0 Å². The highest BCUT2D eigenvalue weighted by molar-refractivity contribution is 7.89. The summed E-state index contributed by atoms with van der Waals surface area (Å²) in [7, 11) is -3.96. The third-order valence-electron chi connectivity index (χ3n) is 5.39. The zero-order valence-corrected chi connectivity index (χ0v) is 19.6. The molecule has 0 spiro atoms. The molecule has 1 fully saturated rings. The fraction of sp³-hybridized carbons (Fsp3) is 0.136. The van der Waals surface area contributed by atoms with Gasteiger partial charge < -0.3 is 4.90 Å². The average Bonchev–Trinajstić information content (AvgIpc) is 3.44. The van der Waals surface area contributed by atoms with Crippen molar-refractivity contribution in [2.45, 2.75) is 23.9 Å². The number of carbonyl (C=O) groups excluding carboxylic acids is 3. The zero-order chi connectivity index (χ0) is 25.3. The number of imide groups is 1. The van der Waals surface area contributed by atoms with Crippen LogP contribution in [0.4, 0.5) is 11.4 Å². The summed E-state index contributed by atoms with van der Waals surface area (Å²) in [5.74, 6) is -1.89. The molecule has 1 aliphatic heterocycles. The minimum absolute atomic E-state index is 0.00644. The van der Waals surface area contributed by atoms with Crippen LogP contribution in [0.25, 0.3) is 0 Å². The van der Waals surface area contributed by atoms with Crippen LogP contribution in [0, 0.1) is 10.1 Å². The first-order valence-electron chi connectivity index (χ1n) is 10.1. The van der Waals surface area contributed by atoms with Crippen LogP contribution in [0.15, 0.2) is 70.9 Å². The van der Waals surface area contributed by atoms with Crippen LogP contribution in [0.3, 0.4) is 0 Å². The third-order valence-corrected chi connectivity index (χ3v) is 7.18. The Morgan fingerprint density at radius 1 is 1.14 bits per heavy atom. The molecule has 3 aromatic rings. The highest BCUT2D eigenvalue weighted by Crippen LogP contribution is 2.29. The summed E-state index contributed by atoms with van der Waals surface area (Å²) in [6.45, 7) is 0.0150. The Bertz CT molecular complexity index is 1420. The third kappa shape index (κ3) is 4.96. The number of non-ortho nitro benzene ring substituents is 1. The lowest BCUT2D eigenvalue weighted by molar-refractivity contribution is -0.384. The molecule has 2 aromatic carbocycles. The van der Waals surface area contributed by atoms with Gasteiger partial charge in [0.05, 0.1) is 28.5 Å². The van der Waals surface area contributed by atoms with E-state index in [4.69, 9.17) is 5.14 Å². The second-order valence-corrected chi connectivity index (χ2v) is 10.2. The van der Waals surface area contributed by atoms with E-state index in [1.54, 1.807) is 17.5 Å². The van der Waals surface area contributed by atoms with Crippen LogP contribution in [0.1, 0.15) is 21.7 Å². The van der Waals surface area contributed by atoms with E-state index in [0.29, 0.717) is 0 Å². The Balaban J connectivity index is 1.68. The number of nitro benzene ring substituents is 1. The summed E-state index contributed by atoms with van der Waals surface area (Å²) in [5, 5.41) is 18.1. The molecule has 11 nitrogen and oxygen atoms in total. The molecule has 180 valence electrons. The van der Waals surface area contributed by atoms with E-state index in [0.717, 1.165) is 15.8 Å². The monoisotopic (exact) mass is 514 g/mol. The highest BCUT2D eigenvalue weighted by Gasteiger charge is 2.44. The minimum Gasteiger partial charge on any atom is -0.321 e. The quantitative estimate of drug-likeness (QED) is 0.287. The fourth-order valence-electron chi connectivity index (χ4n) is 3.73. The molecule has 1 aliphatic rings. The molecule has 2 N–H and O–H groups in total. The van der Waals surface area contributed by atoms with Gasteiger partial charge in [-0.05, 0) is 41.8 Å². The first kappa shape index (κ1) is 24.2. The van der Waals surface area contributed by atoms with Gasteiger partial charge in [0.2, 0.25) is 15.9 Å². The summed E-state index contributed by atoms with van der Waals surface area (Å²) < 4.78 is 23.0. The number of nitrogens with two attached hydrogens (primary N) is 1. The van der Waals surface area contributed by atoms with Crippen LogP contribution in [0.5, 0.6) is 0 Å². The lowest BCUT2D eigenvalue weighted by Crippen LogP contribution is -2.45. The van der Waals surface area contributed by atoms with E-state index in [-0.39, 0.29) is 34.8 Å². The number of nitro groups is 1. The number of rotatable bonds is 7. The Hall–Kier alpha value is -3.94. The molecule has 2 heterocycles. The van der Waals surface area contributed by atoms with Crippen molar-refractivity contribution in [3.8, 4) is 0 Å². The van der Waals surface area contributed by atoms with Gasteiger partial charge in [0.25, 0.3) is 17.5 Å². The van der Waals surface area contributed by atoms with Gasteiger partial charge in [-0.15, -0.1) is 11.3 Å². The number of nitrogens with zero attached hydrogens (tertiary/aromatic N) is 3. The van der Waals surface area contributed by atoms with Gasteiger partial charge in [-0.1, -0.05) is 12.1 Å². The maximum Gasteiger partial charge on any atom is 0.270 e. The van der Waals surface area contributed by atoms with E-state index in [1.807, 2.05) is 0 Å². The van der Waals surface area contributed by atoms with Gasteiger partial charge in [0, 0.05) is 22.6 Å². The number of anilines is 1. The van der Waals surface area contributed by atoms with E-state index in [9.17, 15) is 32.9 Å². The van der Waals surface area contributed by atoms with Gasteiger partial charge in [-0.2, -0.15) is 0 Å². The standard InChI is InChI=1S/C22H18N4O7S2/c23-35(32,33)18-8-6-15(7-9-18)25-20(27)12-19(22(25)29)24(13-17-5-2-10-34-17)21(28)14-3-1-4-16(11-14)26(30)31/h1-11,19H,12-13H2,(H2,23,32,33). The second kappa shape index (κ2) is 9.37. The molecule has 35 heavy (non-hydrogen) atoms. The first-order valence-corrected chi connectivity index (χ1v) is 12.6. The van der Waals surface area contributed by atoms with Crippen LogP contribution >= 0.6 is 11.3 Å². The maximum absolute atomic E-state index is 13.4. The Labute approximate surface area is 203 Å². The smallest absolute Gasteiger partial charge is 0.270 e. The van der Waals surface area contributed by atoms with Crippen molar-refractivity contribution in [1.29, 1.82) is 0 Å². The molecule has 0 saturated carbocycles. The predicted octanol–water partition coefficient (Wildman–Crippen LogP) is 2.28. The Kier molecular flexibility index (Phi) is 6.47. The Morgan fingerprint density at radius 2 is 1.86 bits per heavy atom. The molecule has 0 aliphatic carbocycles. The number of hydrogen-bond acceptors (Lipinski definition) is 8. The summed E-state index contributed by atoms with van der Waals surface area (Å²) in [4.78, 5) is 52.8. The minimum atomic E-state index is -3.96. The molecular weight excluding hydrogens is 496 g/mol. The molecule has 13 heteroatoms. The number of thiophene rings is 1. The molecule has 1 atom stereocenters. The van der Waals surface area contributed by atoms with Gasteiger partial charge in [-0.3, -0.25) is 24.5 Å². The number of amides is 3. The van der Waals surface area contributed by atoms with Gasteiger partial charge in [0.1, 0.15) is 6.04 Å². The zero-order valence-electron chi connectivity index (χ0n) is 17.9. The van der Waals surface area contributed by atoms with Crippen LogP contribution in [-0.4, -0.2) is 42.0 Å². The van der Waals surface area contributed by atoms with Crippen molar-refractivity contribution in [2.75, 3.05) is 4.90 Å². The first-order chi connectivity index (χ1) is 16.6. The van der Waals surface area contributed by atoms with Gasteiger partial charge in [0.15, 0.2) is 0 Å². The lowest BCUT2D eigenvalue weighted by Gasteiger charge is -2.27. The van der Waals surface area contributed by atoms with E-state index in [2.05, 4.69) is 0 Å². The predicted molar refractivity (Wildman–Crippen MR) is 126 cm³/mol. The summed E-state index contributed by atoms with van der Waals surface area (Å²) >= 11 is 1.35. The fourth-order valence-corrected chi connectivity index (χ4v) is 4.95. The van der Waals surface area contributed by atoms with Gasteiger partial charge >= 0.3 is 0 Å². The van der Waals surface area contributed by atoms with Crippen molar-refractivity contribution in [1.82, 2.24) is 4.90 Å². The number of sulfonamides is 1. The largest absolute Gasteiger partial charge is 0.321 e. The van der Waals surface area contributed by atoms with Crippen molar-refractivity contribution in [3.05, 3.63) is 86.6 Å². The number of primary sulfonamides is 1. The number of benzene rings is 2. The maximum atomic E-state index is 13.4. The van der Waals surface area contributed by atoms with Crippen molar-refractivity contribution < 1.29 is 27.7 Å². The molecular formula is C22H18N4O7S2. The number of hydrogen-bond donors (Lipinski definition) is 1. The molecule has 1 aromatic heterocycles. The lowest BCUT2D eigenvalue weighted by atomic mass is 10.1. The molecule has 3 amide bonds. The normalized spacial score (nSPS) is 15.9.